The Bertz CT molecular complexity index is 803. The lowest BCUT2D eigenvalue weighted by Crippen LogP contribution is -2.49. The number of hydrogen-bond donors (Lipinski definition) is 0. The maximum absolute atomic E-state index is 13.2. The Labute approximate surface area is 163 Å². The second-order valence-electron chi connectivity index (χ2n) is 7.49. The predicted octanol–water partition coefficient (Wildman–Crippen LogP) is 2.13. The van der Waals surface area contributed by atoms with Crippen LogP contribution >= 0.6 is 11.3 Å². The van der Waals surface area contributed by atoms with Gasteiger partial charge in [0.25, 0.3) is 5.91 Å². The van der Waals surface area contributed by atoms with Gasteiger partial charge < -0.3 is 14.4 Å². The average molecular weight is 388 g/mol. The van der Waals surface area contributed by atoms with Crippen LogP contribution in [0.1, 0.15) is 47.1 Å². The van der Waals surface area contributed by atoms with Crippen LogP contribution in [0.3, 0.4) is 0 Å². The lowest BCUT2D eigenvalue weighted by molar-refractivity contribution is -0.138. The van der Waals surface area contributed by atoms with Crippen molar-refractivity contribution in [1.29, 1.82) is 0 Å². The van der Waals surface area contributed by atoms with Crippen LogP contribution in [0.25, 0.3) is 0 Å². The molecular weight excluding hydrogens is 362 g/mol. The van der Waals surface area contributed by atoms with Crippen LogP contribution in [0.5, 0.6) is 0 Å². The zero-order valence-corrected chi connectivity index (χ0v) is 16.4. The summed E-state index contributed by atoms with van der Waals surface area (Å²) in [7, 11) is 1.95. The molecule has 8 heteroatoms. The molecule has 0 spiro atoms. The second-order valence-corrected chi connectivity index (χ2v) is 8.44. The van der Waals surface area contributed by atoms with E-state index in [1.54, 1.807) is 6.33 Å². The van der Waals surface area contributed by atoms with Gasteiger partial charge in [-0.2, -0.15) is 0 Å². The van der Waals surface area contributed by atoms with E-state index in [0.717, 1.165) is 49.5 Å². The van der Waals surface area contributed by atoms with Gasteiger partial charge in [-0.25, -0.2) is 0 Å². The van der Waals surface area contributed by atoms with Crippen molar-refractivity contribution in [3.63, 3.8) is 0 Å². The standard InChI is InChI=1S/C19H25N5O2S/c1-22-13-20-21-17(22)14-5-2-8-23(11-14)18(25)15-6-3-9-24(12-15)19(26)16-7-4-10-27-16/h4,7,10,13-15H,2-3,5-6,8-9,11-12H2,1H3/t14-,15-/m0/s1. The molecule has 4 heterocycles. The summed E-state index contributed by atoms with van der Waals surface area (Å²) in [6, 6.07) is 3.75. The first kappa shape index (κ1) is 18.2. The number of hydrogen-bond acceptors (Lipinski definition) is 5. The van der Waals surface area contributed by atoms with Crippen molar-refractivity contribution in [2.75, 3.05) is 26.2 Å². The van der Waals surface area contributed by atoms with Gasteiger partial charge in [0, 0.05) is 39.1 Å². The van der Waals surface area contributed by atoms with E-state index in [-0.39, 0.29) is 23.7 Å². The number of nitrogens with zero attached hydrogens (tertiary/aromatic N) is 5. The van der Waals surface area contributed by atoms with Crippen LogP contribution < -0.4 is 0 Å². The molecule has 0 unspecified atom stereocenters. The molecule has 0 aromatic carbocycles. The van der Waals surface area contributed by atoms with Crippen LogP contribution in [-0.2, 0) is 11.8 Å². The highest BCUT2D eigenvalue weighted by Crippen LogP contribution is 2.28. The summed E-state index contributed by atoms with van der Waals surface area (Å²) in [6.45, 7) is 2.76. The maximum Gasteiger partial charge on any atom is 0.263 e. The van der Waals surface area contributed by atoms with Crippen molar-refractivity contribution in [2.24, 2.45) is 13.0 Å². The number of thiophene rings is 1. The van der Waals surface area contributed by atoms with Crippen LogP contribution in [0, 0.1) is 5.92 Å². The molecule has 2 fully saturated rings. The number of aromatic nitrogens is 3. The monoisotopic (exact) mass is 387 g/mol. The predicted molar refractivity (Wildman–Crippen MR) is 103 cm³/mol. The summed E-state index contributed by atoms with van der Waals surface area (Å²) in [5.74, 6) is 1.33. The van der Waals surface area contributed by atoms with Crippen molar-refractivity contribution in [3.05, 3.63) is 34.5 Å². The van der Waals surface area contributed by atoms with Crippen molar-refractivity contribution >= 4 is 23.2 Å². The fourth-order valence-electron chi connectivity index (χ4n) is 4.23. The van der Waals surface area contributed by atoms with E-state index < -0.39 is 0 Å². The smallest absolute Gasteiger partial charge is 0.263 e. The molecule has 4 rings (SSSR count). The maximum atomic E-state index is 13.2. The number of carbonyl (C=O) groups excluding carboxylic acids is 2. The number of aryl methyl sites for hydroxylation is 1. The quantitative estimate of drug-likeness (QED) is 0.809. The molecule has 2 aromatic rings. The van der Waals surface area contributed by atoms with Gasteiger partial charge in [0.15, 0.2) is 0 Å². The van der Waals surface area contributed by atoms with Gasteiger partial charge in [0.1, 0.15) is 12.2 Å². The number of likely N-dealkylation sites (tertiary alicyclic amines) is 2. The summed E-state index contributed by atoms with van der Waals surface area (Å²) in [6.07, 6.45) is 5.47. The Morgan fingerprint density at radius 1 is 1.15 bits per heavy atom. The first-order chi connectivity index (χ1) is 13.1. The fraction of sp³-hybridized carbons (Fsp3) is 0.579. The summed E-state index contributed by atoms with van der Waals surface area (Å²) >= 11 is 1.46. The topological polar surface area (TPSA) is 71.3 Å². The number of rotatable bonds is 3. The van der Waals surface area contributed by atoms with Crippen LogP contribution in [0.2, 0.25) is 0 Å². The normalized spacial score (nSPS) is 23.4. The van der Waals surface area contributed by atoms with Crippen molar-refractivity contribution < 1.29 is 9.59 Å². The van der Waals surface area contributed by atoms with Gasteiger partial charge in [-0.3, -0.25) is 9.59 Å². The van der Waals surface area contributed by atoms with E-state index in [0.29, 0.717) is 13.1 Å². The minimum absolute atomic E-state index is 0.0538. The first-order valence-electron chi connectivity index (χ1n) is 9.59. The summed E-state index contributed by atoms with van der Waals surface area (Å²) in [5, 5.41) is 10.1. The molecule has 2 aromatic heterocycles. The van der Waals surface area contributed by atoms with Crippen LogP contribution in [0.15, 0.2) is 23.8 Å². The Morgan fingerprint density at radius 3 is 2.70 bits per heavy atom. The van der Waals surface area contributed by atoms with Gasteiger partial charge in [-0.1, -0.05) is 6.07 Å². The molecule has 0 saturated carbocycles. The van der Waals surface area contributed by atoms with Crippen LogP contribution in [-0.4, -0.2) is 62.6 Å². The molecule has 144 valence electrons. The van der Waals surface area contributed by atoms with Crippen molar-refractivity contribution in [1.82, 2.24) is 24.6 Å². The average Bonchev–Trinajstić information content (AvgIpc) is 3.39. The molecule has 2 aliphatic rings. The van der Waals surface area contributed by atoms with Gasteiger partial charge in [-0.15, -0.1) is 21.5 Å². The highest BCUT2D eigenvalue weighted by molar-refractivity contribution is 7.12. The minimum Gasteiger partial charge on any atom is -0.342 e. The summed E-state index contributed by atoms with van der Waals surface area (Å²) in [5.41, 5.74) is 0. The first-order valence-corrected chi connectivity index (χ1v) is 10.5. The molecule has 2 amide bonds. The molecule has 27 heavy (non-hydrogen) atoms. The highest BCUT2D eigenvalue weighted by Gasteiger charge is 2.34. The third-order valence-electron chi connectivity index (χ3n) is 5.63. The molecule has 2 atom stereocenters. The summed E-state index contributed by atoms with van der Waals surface area (Å²) < 4.78 is 1.95. The highest BCUT2D eigenvalue weighted by atomic mass is 32.1. The lowest BCUT2D eigenvalue weighted by atomic mass is 9.92. The molecule has 2 saturated heterocycles. The van der Waals surface area contributed by atoms with E-state index in [4.69, 9.17) is 0 Å². The SMILES string of the molecule is Cn1cnnc1[C@H]1CCCN(C(=O)[C@H]2CCCN(C(=O)c3cccs3)C2)C1. The van der Waals surface area contributed by atoms with Crippen LogP contribution in [0.4, 0.5) is 0 Å². The van der Waals surface area contributed by atoms with Crippen molar-refractivity contribution in [2.45, 2.75) is 31.6 Å². The van der Waals surface area contributed by atoms with E-state index in [1.165, 1.54) is 11.3 Å². The molecular formula is C19H25N5O2S. The van der Waals surface area contributed by atoms with Gasteiger partial charge in [0.2, 0.25) is 5.91 Å². The Kier molecular flexibility index (Phi) is 5.24. The molecule has 0 radical (unpaired) electrons. The molecule has 0 aliphatic carbocycles. The molecule has 0 N–H and O–H groups in total. The Hall–Kier alpha value is -2.22. The lowest BCUT2D eigenvalue weighted by Gasteiger charge is -2.38. The van der Waals surface area contributed by atoms with E-state index >= 15 is 0 Å². The van der Waals surface area contributed by atoms with Crippen molar-refractivity contribution in [3.8, 4) is 0 Å². The molecule has 7 nitrogen and oxygen atoms in total. The van der Waals surface area contributed by atoms with Gasteiger partial charge >= 0.3 is 0 Å². The number of amides is 2. The summed E-state index contributed by atoms with van der Waals surface area (Å²) in [4.78, 5) is 30.4. The zero-order valence-electron chi connectivity index (χ0n) is 15.6. The fourth-order valence-corrected chi connectivity index (χ4v) is 4.92. The Morgan fingerprint density at radius 2 is 1.96 bits per heavy atom. The van der Waals surface area contributed by atoms with E-state index in [2.05, 4.69) is 10.2 Å². The number of piperidine rings is 2. The zero-order chi connectivity index (χ0) is 18.8. The molecule has 0 bridgehead atoms. The van der Waals surface area contributed by atoms with Gasteiger partial charge in [0.05, 0.1) is 10.8 Å². The largest absolute Gasteiger partial charge is 0.342 e. The van der Waals surface area contributed by atoms with E-state index in [9.17, 15) is 9.59 Å². The van der Waals surface area contributed by atoms with Gasteiger partial charge in [-0.05, 0) is 37.1 Å². The Balaban J connectivity index is 1.41. The minimum atomic E-state index is -0.0964. The second kappa shape index (κ2) is 7.80. The third-order valence-corrected chi connectivity index (χ3v) is 6.49. The number of carbonyl (C=O) groups is 2. The van der Waals surface area contributed by atoms with E-state index in [1.807, 2.05) is 38.9 Å². The third kappa shape index (κ3) is 3.76. The molecule has 2 aliphatic heterocycles.